The Hall–Kier alpha value is -2.58. The lowest BCUT2D eigenvalue weighted by Crippen LogP contribution is -2.17. The van der Waals surface area contributed by atoms with Gasteiger partial charge in [-0.1, -0.05) is 11.6 Å². The summed E-state index contributed by atoms with van der Waals surface area (Å²) in [7, 11) is 0. The molecule has 0 fully saturated rings. The van der Waals surface area contributed by atoms with Crippen molar-refractivity contribution in [2.75, 3.05) is 5.32 Å². The highest BCUT2D eigenvalue weighted by Gasteiger charge is 2.12. The van der Waals surface area contributed by atoms with E-state index >= 15 is 0 Å². The number of nitrogens with zero attached hydrogens (tertiary/aromatic N) is 2. The van der Waals surface area contributed by atoms with E-state index in [-0.39, 0.29) is 10.7 Å². The van der Waals surface area contributed by atoms with Crippen molar-refractivity contribution in [3.63, 3.8) is 0 Å². The van der Waals surface area contributed by atoms with Crippen molar-refractivity contribution in [1.29, 1.82) is 0 Å². The second-order valence-corrected chi connectivity index (χ2v) is 5.69. The summed E-state index contributed by atoms with van der Waals surface area (Å²) < 4.78 is 13.2. The van der Waals surface area contributed by atoms with Crippen molar-refractivity contribution in [1.82, 2.24) is 15.2 Å². The molecule has 9 heteroatoms. The molecule has 6 nitrogen and oxygen atoms in total. The van der Waals surface area contributed by atoms with Gasteiger partial charge in [0.05, 0.1) is 10.7 Å². The Balaban J connectivity index is 1.79. The van der Waals surface area contributed by atoms with E-state index in [1.165, 1.54) is 35.6 Å². The standard InChI is InChI=1S/C14H8ClFN4O2S/c15-8-5-7(1-2-9(8)16)11-6-23-14(17-11)18-13(22)10-3-4-12(21)20-19-10/h1-6H,(H,20,21)(H,17,18,22). The Morgan fingerprint density at radius 1 is 1.30 bits per heavy atom. The molecule has 0 radical (unpaired) electrons. The molecule has 23 heavy (non-hydrogen) atoms. The number of aromatic nitrogens is 3. The molecule has 0 atom stereocenters. The van der Waals surface area contributed by atoms with Gasteiger partial charge in [-0.3, -0.25) is 14.9 Å². The van der Waals surface area contributed by atoms with Crippen molar-refractivity contribution in [3.05, 3.63) is 62.6 Å². The van der Waals surface area contributed by atoms with Crippen LogP contribution in [0.5, 0.6) is 0 Å². The van der Waals surface area contributed by atoms with E-state index in [0.717, 1.165) is 0 Å². The molecule has 0 aliphatic carbocycles. The minimum absolute atomic E-state index is 0.00137. The summed E-state index contributed by atoms with van der Waals surface area (Å²) in [6, 6.07) is 6.77. The molecule has 0 saturated carbocycles. The van der Waals surface area contributed by atoms with Gasteiger partial charge in [0, 0.05) is 17.0 Å². The van der Waals surface area contributed by atoms with Crippen LogP contribution in [-0.4, -0.2) is 21.1 Å². The van der Waals surface area contributed by atoms with Crippen LogP contribution in [0.1, 0.15) is 10.5 Å². The second-order valence-electron chi connectivity index (χ2n) is 4.43. The van der Waals surface area contributed by atoms with Gasteiger partial charge < -0.3 is 0 Å². The molecule has 3 aromatic rings. The third-order valence-corrected chi connectivity index (χ3v) is 3.90. The molecule has 0 aliphatic heterocycles. The molecule has 0 unspecified atom stereocenters. The average molecular weight is 351 g/mol. The third kappa shape index (κ3) is 3.43. The lowest BCUT2D eigenvalue weighted by molar-refractivity contribution is 0.102. The molecule has 1 amide bonds. The fourth-order valence-electron chi connectivity index (χ4n) is 1.75. The number of halogens is 2. The van der Waals surface area contributed by atoms with Gasteiger partial charge in [0.25, 0.3) is 11.5 Å². The summed E-state index contributed by atoms with van der Waals surface area (Å²) in [5.74, 6) is -1.01. The normalized spacial score (nSPS) is 10.5. The number of amides is 1. The second kappa shape index (κ2) is 6.27. The lowest BCUT2D eigenvalue weighted by Gasteiger charge is -2.00. The van der Waals surface area contributed by atoms with Crippen molar-refractivity contribution < 1.29 is 9.18 Å². The summed E-state index contributed by atoms with van der Waals surface area (Å²) in [6.07, 6.45) is 0. The highest BCUT2D eigenvalue weighted by atomic mass is 35.5. The molecule has 0 bridgehead atoms. The molecule has 2 heterocycles. The van der Waals surface area contributed by atoms with Crippen LogP contribution in [0.3, 0.4) is 0 Å². The highest BCUT2D eigenvalue weighted by molar-refractivity contribution is 7.14. The first kappa shape index (κ1) is 15.3. The fraction of sp³-hybridized carbons (Fsp3) is 0. The lowest BCUT2D eigenvalue weighted by atomic mass is 10.2. The van der Waals surface area contributed by atoms with E-state index in [1.54, 1.807) is 11.4 Å². The molecule has 3 rings (SSSR count). The Morgan fingerprint density at radius 3 is 2.83 bits per heavy atom. The first-order valence-electron chi connectivity index (χ1n) is 6.31. The number of anilines is 1. The van der Waals surface area contributed by atoms with Crippen LogP contribution in [0.2, 0.25) is 5.02 Å². The number of carbonyl (C=O) groups excluding carboxylic acids is 1. The summed E-state index contributed by atoms with van der Waals surface area (Å²) >= 11 is 6.94. The molecule has 1 aromatic carbocycles. The molecule has 0 spiro atoms. The van der Waals surface area contributed by atoms with E-state index in [1.807, 2.05) is 0 Å². The number of H-pyrrole nitrogens is 1. The van der Waals surface area contributed by atoms with Crippen LogP contribution in [0.25, 0.3) is 11.3 Å². The summed E-state index contributed by atoms with van der Waals surface area (Å²) in [4.78, 5) is 27.1. The van der Waals surface area contributed by atoms with Gasteiger partial charge in [-0.05, 0) is 24.3 Å². The quantitative estimate of drug-likeness (QED) is 0.760. The summed E-state index contributed by atoms with van der Waals surface area (Å²) in [5, 5.41) is 10.4. The third-order valence-electron chi connectivity index (χ3n) is 2.85. The van der Waals surface area contributed by atoms with Gasteiger partial charge >= 0.3 is 0 Å². The van der Waals surface area contributed by atoms with Crippen LogP contribution in [0, 0.1) is 5.82 Å². The van der Waals surface area contributed by atoms with Gasteiger partial charge in [-0.15, -0.1) is 11.3 Å². The molecule has 116 valence electrons. The Morgan fingerprint density at radius 2 is 2.13 bits per heavy atom. The van der Waals surface area contributed by atoms with Crippen LogP contribution < -0.4 is 10.9 Å². The van der Waals surface area contributed by atoms with E-state index in [0.29, 0.717) is 16.4 Å². The number of carbonyl (C=O) groups is 1. The van der Waals surface area contributed by atoms with E-state index in [4.69, 9.17) is 11.6 Å². The Bertz CT molecular complexity index is 920. The number of benzene rings is 1. The summed E-state index contributed by atoms with van der Waals surface area (Å²) in [6.45, 7) is 0. The minimum atomic E-state index is -0.511. The topological polar surface area (TPSA) is 87.7 Å². The molecule has 0 saturated heterocycles. The van der Waals surface area contributed by atoms with Gasteiger partial charge in [0.15, 0.2) is 5.13 Å². The average Bonchev–Trinajstić information content (AvgIpc) is 2.99. The van der Waals surface area contributed by atoms with Crippen molar-refractivity contribution in [3.8, 4) is 11.3 Å². The Labute approximate surface area is 138 Å². The number of nitrogens with one attached hydrogen (secondary N) is 2. The molecule has 2 N–H and O–H groups in total. The molecule has 0 aliphatic rings. The highest BCUT2D eigenvalue weighted by Crippen LogP contribution is 2.28. The number of aromatic amines is 1. The zero-order valence-electron chi connectivity index (χ0n) is 11.3. The van der Waals surface area contributed by atoms with E-state index in [9.17, 15) is 14.0 Å². The van der Waals surface area contributed by atoms with E-state index < -0.39 is 17.3 Å². The number of hydrogen-bond acceptors (Lipinski definition) is 5. The first-order valence-corrected chi connectivity index (χ1v) is 7.57. The zero-order valence-corrected chi connectivity index (χ0v) is 12.9. The van der Waals surface area contributed by atoms with Crippen LogP contribution in [-0.2, 0) is 0 Å². The first-order chi connectivity index (χ1) is 11.0. The largest absolute Gasteiger partial charge is 0.296 e. The van der Waals surface area contributed by atoms with Crippen LogP contribution >= 0.6 is 22.9 Å². The summed E-state index contributed by atoms with van der Waals surface area (Å²) in [5.41, 5.74) is 0.856. The minimum Gasteiger partial charge on any atom is -0.296 e. The van der Waals surface area contributed by atoms with E-state index in [2.05, 4.69) is 20.5 Å². The van der Waals surface area contributed by atoms with Crippen molar-refractivity contribution in [2.24, 2.45) is 0 Å². The van der Waals surface area contributed by atoms with Gasteiger partial charge in [0.1, 0.15) is 11.5 Å². The molecule has 2 aromatic heterocycles. The monoisotopic (exact) mass is 350 g/mol. The maximum atomic E-state index is 13.2. The van der Waals surface area contributed by atoms with Crippen LogP contribution in [0.4, 0.5) is 9.52 Å². The smallest absolute Gasteiger partial charge is 0.277 e. The molecular weight excluding hydrogens is 343 g/mol. The van der Waals surface area contributed by atoms with Gasteiger partial charge in [-0.25, -0.2) is 14.5 Å². The SMILES string of the molecule is O=C(Nc1nc(-c2ccc(F)c(Cl)c2)cs1)c1ccc(=O)[nH]n1. The number of thiazole rings is 1. The fourth-order valence-corrected chi connectivity index (χ4v) is 2.65. The van der Waals surface area contributed by atoms with Crippen molar-refractivity contribution >= 4 is 34.0 Å². The predicted octanol–water partition coefficient (Wildman–Crippen LogP) is 2.94. The van der Waals surface area contributed by atoms with Crippen molar-refractivity contribution in [2.45, 2.75) is 0 Å². The predicted molar refractivity (Wildman–Crippen MR) is 85.3 cm³/mol. The number of hydrogen-bond donors (Lipinski definition) is 2. The van der Waals surface area contributed by atoms with Gasteiger partial charge in [0.2, 0.25) is 0 Å². The Kier molecular flexibility index (Phi) is 4.18. The maximum absolute atomic E-state index is 13.2. The molecular formula is C14H8ClFN4O2S. The maximum Gasteiger partial charge on any atom is 0.277 e. The zero-order chi connectivity index (χ0) is 16.4. The van der Waals surface area contributed by atoms with Crippen LogP contribution in [0.15, 0.2) is 40.5 Å². The van der Waals surface area contributed by atoms with Gasteiger partial charge in [-0.2, -0.15) is 5.10 Å². The number of rotatable bonds is 3.